The highest BCUT2D eigenvalue weighted by Crippen LogP contribution is 2.08. The third-order valence-corrected chi connectivity index (χ3v) is 2.24. The molecule has 0 radical (unpaired) electrons. The van der Waals surface area contributed by atoms with E-state index >= 15 is 0 Å². The van der Waals surface area contributed by atoms with Crippen LogP contribution < -0.4 is 11.1 Å². The lowest BCUT2D eigenvalue weighted by molar-refractivity contribution is 0.687. The van der Waals surface area contributed by atoms with Crippen molar-refractivity contribution in [3.05, 3.63) is 24.3 Å². The molecular formula is C11H15N5. The number of nitrogens with two attached hydrogens (primary N) is 1. The zero-order chi connectivity index (χ0) is 11.4. The largest absolute Gasteiger partial charge is 0.353 e. The van der Waals surface area contributed by atoms with Crippen molar-refractivity contribution in [2.24, 2.45) is 5.73 Å². The summed E-state index contributed by atoms with van der Waals surface area (Å²) in [6, 6.07) is 7.84. The Labute approximate surface area is 94.1 Å². The molecule has 0 bridgehead atoms. The summed E-state index contributed by atoms with van der Waals surface area (Å²) in [4.78, 5) is 4.35. The van der Waals surface area contributed by atoms with Gasteiger partial charge < -0.3 is 11.1 Å². The maximum Gasteiger partial charge on any atom is 0.243 e. The van der Waals surface area contributed by atoms with Crippen LogP contribution in [0.25, 0.3) is 11.0 Å². The molecule has 5 heteroatoms. The second kappa shape index (κ2) is 4.85. The van der Waals surface area contributed by atoms with Gasteiger partial charge >= 0.3 is 0 Å². The Balaban J connectivity index is 2.08. The number of hydrogen-bond acceptors (Lipinski definition) is 5. The fraction of sp³-hybridized carbons (Fsp3) is 0.364. The lowest BCUT2D eigenvalue weighted by Gasteiger charge is -2.06. The molecule has 3 N–H and O–H groups in total. The second-order valence-electron chi connectivity index (χ2n) is 3.82. The van der Waals surface area contributed by atoms with Gasteiger partial charge in [0.25, 0.3) is 0 Å². The van der Waals surface area contributed by atoms with Crippen LogP contribution in [0.3, 0.4) is 0 Å². The van der Waals surface area contributed by atoms with Crippen LogP contribution in [0.4, 0.5) is 5.95 Å². The number of rotatable bonds is 4. The Bertz CT molecular complexity index is 469. The van der Waals surface area contributed by atoms with E-state index in [0.29, 0.717) is 5.95 Å². The summed E-state index contributed by atoms with van der Waals surface area (Å²) >= 11 is 0. The fourth-order valence-corrected chi connectivity index (χ4v) is 1.37. The van der Waals surface area contributed by atoms with Crippen LogP contribution in [0, 0.1) is 0 Å². The molecule has 0 fully saturated rings. The minimum absolute atomic E-state index is 0.181. The number of nitrogens with zero attached hydrogens (tertiary/aromatic N) is 3. The van der Waals surface area contributed by atoms with Crippen molar-refractivity contribution in [3.63, 3.8) is 0 Å². The number of benzene rings is 1. The predicted octanol–water partition coefficient (Wildman–Crippen LogP) is 1.17. The smallest absolute Gasteiger partial charge is 0.243 e. The summed E-state index contributed by atoms with van der Waals surface area (Å²) in [6.45, 7) is 2.73. The first-order valence-electron chi connectivity index (χ1n) is 5.34. The van der Waals surface area contributed by atoms with Crippen LogP contribution in [-0.4, -0.2) is 27.8 Å². The first kappa shape index (κ1) is 10.8. The van der Waals surface area contributed by atoms with Gasteiger partial charge in [-0.3, -0.25) is 0 Å². The highest BCUT2D eigenvalue weighted by molar-refractivity contribution is 5.73. The van der Waals surface area contributed by atoms with Gasteiger partial charge in [-0.1, -0.05) is 12.1 Å². The minimum atomic E-state index is 0.181. The van der Waals surface area contributed by atoms with Gasteiger partial charge in [-0.2, -0.15) is 0 Å². The van der Waals surface area contributed by atoms with E-state index in [9.17, 15) is 0 Å². The van der Waals surface area contributed by atoms with E-state index in [1.165, 1.54) is 0 Å². The molecule has 1 aromatic carbocycles. The van der Waals surface area contributed by atoms with Crippen LogP contribution in [0.15, 0.2) is 24.3 Å². The zero-order valence-corrected chi connectivity index (χ0v) is 9.22. The van der Waals surface area contributed by atoms with Gasteiger partial charge in [-0.05, 0) is 25.5 Å². The molecule has 1 atom stereocenters. The molecule has 0 amide bonds. The number of fused-ring (bicyclic) bond motifs is 1. The summed E-state index contributed by atoms with van der Waals surface area (Å²) in [5.41, 5.74) is 7.30. The summed E-state index contributed by atoms with van der Waals surface area (Å²) in [6.07, 6.45) is 0.885. The third kappa shape index (κ3) is 2.64. The van der Waals surface area contributed by atoms with Crippen molar-refractivity contribution in [1.29, 1.82) is 0 Å². The van der Waals surface area contributed by atoms with Crippen LogP contribution >= 0.6 is 0 Å². The van der Waals surface area contributed by atoms with Gasteiger partial charge in [0.15, 0.2) is 0 Å². The molecular weight excluding hydrogens is 202 g/mol. The maximum absolute atomic E-state index is 5.65. The third-order valence-electron chi connectivity index (χ3n) is 2.24. The Morgan fingerprint density at radius 1 is 1.25 bits per heavy atom. The average molecular weight is 217 g/mol. The van der Waals surface area contributed by atoms with E-state index in [2.05, 4.69) is 20.5 Å². The highest BCUT2D eigenvalue weighted by Gasteiger charge is 2.00. The highest BCUT2D eigenvalue weighted by atomic mass is 15.2. The number of nitrogens with one attached hydrogen (secondary N) is 1. The van der Waals surface area contributed by atoms with Crippen molar-refractivity contribution in [1.82, 2.24) is 15.2 Å². The maximum atomic E-state index is 5.65. The predicted molar refractivity (Wildman–Crippen MR) is 64.1 cm³/mol. The summed E-state index contributed by atoms with van der Waals surface area (Å²) in [5.74, 6) is 0.555. The van der Waals surface area contributed by atoms with Gasteiger partial charge in [-0.25, -0.2) is 4.98 Å². The molecule has 0 saturated heterocycles. The molecule has 1 aromatic heterocycles. The Morgan fingerprint density at radius 3 is 2.75 bits per heavy atom. The zero-order valence-electron chi connectivity index (χ0n) is 9.22. The van der Waals surface area contributed by atoms with Gasteiger partial charge in [-0.15, -0.1) is 10.2 Å². The van der Waals surface area contributed by atoms with E-state index in [1.54, 1.807) is 0 Å². The molecule has 1 unspecified atom stereocenters. The summed E-state index contributed by atoms with van der Waals surface area (Å²) < 4.78 is 0. The fourth-order valence-electron chi connectivity index (χ4n) is 1.37. The first-order chi connectivity index (χ1) is 7.75. The van der Waals surface area contributed by atoms with Gasteiger partial charge in [0, 0.05) is 12.6 Å². The Kier molecular flexibility index (Phi) is 3.26. The van der Waals surface area contributed by atoms with Crippen molar-refractivity contribution >= 4 is 17.0 Å². The molecule has 0 aliphatic rings. The molecule has 5 nitrogen and oxygen atoms in total. The molecule has 0 spiro atoms. The minimum Gasteiger partial charge on any atom is -0.353 e. The van der Waals surface area contributed by atoms with Crippen molar-refractivity contribution in [2.75, 3.05) is 11.9 Å². The van der Waals surface area contributed by atoms with Crippen molar-refractivity contribution in [2.45, 2.75) is 19.4 Å². The van der Waals surface area contributed by atoms with E-state index in [1.807, 2.05) is 31.2 Å². The van der Waals surface area contributed by atoms with Crippen molar-refractivity contribution in [3.8, 4) is 0 Å². The van der Waals surface area contributed by atoms with E-state index < -0.39 is 0 Å². The lowest BCUT2D eigenvalue weighted by Crippen LogP contribution is -2.19. The monoisotopic (exact) mass is 217 g/mol. The Hall–Kier alpha value is -1.75. The molecule has 16 heavy (non-hydrogen) atoms. The number of anilines is 1. The first-order valence-corrected chi connectivity index (χ1v) is 5.34. The van der Waals surface area contributed by atoms with Crippen LogP contribution in [0.5, 0.6) is 0 Å². The van der Waals surface area contributed by atoms with Gasteiger partial charge in [0.05, 0.1) is 5.52 Å². The van der Waals surface area contributed by atoms with Crippen LogP contribution in [-0.2, 0) is 0 Å². The number of para-hydroxylation sites is 1. The molecule has 0 aliphatic carbocycles. The van der Waals surface area contributed by atoms with Gasteiger partial charge in [0.2, 0.25) is 5.95 Å². The molecule has 84 valence electrons. The molecule has 0 saturated carbocycles. The molecule has 0 aliphatic heterocycles. The molecule has 2 aromatic rings. The van der Waals surface area contributed by atoms with E-state index in [0.717, 1.165) is 24.0 Å². The second-order valence-corrected chi connectivity index (χ2v) is 3.82. The lowest BCUT2D eigenvalue weighted by atomic mass is 10.2. The SMILES string of the molecule is CC(N)CCNc1nnc2ccccc2n1. The van der Waals surface area contributed by atoms with Crippen molar-refractivity contribution < 1.29 is 0 Å². The van der Waals surface area contributed by atoms with Gasteiger partial charge in [0.1, 0.15) is 5.52 Å². The van der Waals surface area contributed by atoms with Crippen LogP contribution in [0.2, 0.25) is 0 Å². The number of hydrogen-bond donors (Lipinski definition) is 2. The molecule has 2 rings (SSSR count). The van der Waals surface area contributed by atoms with Crippen LogP contribution in [0.1, 0.15) is 13.3 Å². The standard InChI is InChI=1S/C11H15N5/c1-8(12)6-7-13-11-14-9-4-2-3-5-10(9)15-16-11/h2-5,8H,6-7,12H2,1H3,(H,13,14,16). The Morgan fingerprint density at radius 2 is 2.00 bits per heavy atom. The summed E-state index contributed by atoms with van der Waals surface area (Å²) in [7, 11) is 0. The average Bonchev–Trinajstić information content (AvgIpc) is 2.28. The van der Waals surface area contributed by atoms with E-state index in [4.69, 9.17) is 5.73 Å². The van der Waals surface area contributed by atoms with E-state index in [-0.39, 0.29) is 6.04 Å². The summed E-state index contributed by atoms with van der Waals surface area (Å²) in [5, 5.41) is 11.2. The number of aromatic nitrogens is 3. The normalized spacial score (nSPS) is 12.6. The molecule has 1 heterocycles. The quantitative estimate of drug-likeness (QED) is 0.804. The topological polar surface area (TPSA) is 76.7 Å².